The number of nitrogens with zero attached hydrogens (tertiary/aromatic N) is 2. The van der Waals surface area contributed by atoms with Crippen LogP contribution in [0.2, 0.25) is 0 Å². The summed E-state index contributed by atoms with van der Waals surface area (Å²) in [4.78, 5) is 14.8. The van der Waals surface area contributed by atoms with Gasteiger partial charge in [-0.3, -0.25) is 9.69 Å². The Morgan fingerprint density at radius 2 is 2.00 bits per heavy atom. The zero-order valence-corrected chi connectivity index (χ0v) is 11.8. The van der Waals surface area contributed by atoms with E-state index in [9.17, 15) is 9.18 Å². The predicted octanol–water partition coefficient (Wildman–Crippen LogP) is 2.11. The summed E-state index contributed by atoms with van der Waals surface area (Å²) in [5.41, 5.74) is 0.585. The highest BCUT2D eigenvalue weighted by Crippen LogP contribution is 2.16. The highest BCUT2D eigenvalue weighted by atomic mass is 79.9. The Morgan fingerprint density at radius 1 is 1.35 bits per heavy atom. The minimum atomic E-state index is -0.261. The van der Waals surface area contributed by atoms with E-state index in [0.29, 0.717) is 16.6 Å². The van der Waals surface area contributed by atoms with Crippen LogP contribution in [-0.4, -0.2) is 43.4 Å². The van der Waals surface area contributed by atoms with Crippen LogP contribution in [0.3, 0.4) is 0 Å². The first kappa shape index (κ1) is 14.1. The lowest BCUT2D eigenvalue weighted by molar-refractivity contribution is -0.129. The maximum Gasteiger partial charge on any atom is 0.236 e. The van der Waals surface area contributed by atoms with Gasteiger partial charge in [-0.1, -0.05) is 22.0 Å². The molecule has 0 radical (unpaired) electrons. The molecule has 0 saturated carbocycles. The van der Waals surface area contributed by atoms with Gasteiger partial charge in [-0.15, -0.1) is 0 Å². The molecule has 0 spiro atoms. The number of rotatable bonds is 4. The lowest BCUT2D eigenvalue weighted by Gasteiger charge is -2.19. The molecule has 0 N–H and O–H groups in total. The number of amides is 1. The molecule has 0 aromatic heterocycles. The fourth-order valence-corrected chi connectivity index (χ4v) is 1.70. The van der Waals surface area contributed by atoms with Gasteiger partial charge in [-0.05, 0) is 19.2 Å². The van der Waals surface area contributed by atoms with E-state index in [2.05, 4.69) is 15.9 Å². The van der Waals surface area contributed by atoms with Crippen molar-refractivity contribution < 1.29 is 9.18 Å². The molecule has 0 fully saturated rings. The minimum Gasteiger partial charge on any atom is -0.348 e. The van der Waals surface area contributed by atoms with Crippen LogP contribution in [0, 0.1) is 5.82 Å². The van der Waals surface area contributed by atoms with E-state index in [0.717, 1.165) is 0 Å². The van der Waals surface area contributed by atoms with Gasteiger partial charge in [0, 0.05) is 30.7 Å². The van der Waals surface area contributed by atoms with Gasteiger partial charge in [-0.25, -0.2) is 4.39 Å². The summed E-state index contributed by atoms with van der Waals surface area (Å²) >= 11 is 3.21. The molecule has 17 heavy (non-hydrogen) atoms. The SMILES string of the molecule is CN(CC(=O)N(C)C)Cc1ccc(Br)cc1F. The Morgan fingerprint density at radius 3 is 2.53 bits per heavy atom. The molecule has 0 bridgehead atoms. The number of carbonyl (C=O) groups is 1. The first-order valence-corrected chi connectivity index (χ1v) is 6.02. The van der Waals surface area contributed by atoms with Gasteiger partial charge in [0.1, 0.15) is 5.82 Å². The molecule has 1 rings (SSSR count). The number of benzene rings is 1. The Hall–Kier alpha value is -0.940. The van der Waals surface area contributed by atoms with Crippen LogP contribution < -0.4 is 0 Å². The second-order valence-corrected chi connectivity index (χ2v) is 5.11. The molecule has 94 valence electrons. The average molecular weight is 303 g/mol. The maximum absolute atomic E-state index is 13.6. The molecule has 0 aliphatic heterocycles. The smallest absolute Gasteiger partial charge is 0.236 e. The monoisotopic (exact) mass is 302 g/mol. The van der Waals surface area contributed by atoms with Crippen LogP contribution in [0.25, 0.3) is 0 Å². The van der Waals surface area contributed by atoms with Crippen LogP contribution in [0.5, 0.6) is 0 Å². The lowest BCUT2D eigenvalue weighted by Crippen LogP contribution is -2.34. The third kappa shape index (κ3) is 4.44. The van der Waals surface area contributed by atoms with Crippen molar-refractivity contribution in [3.05, 3.63) is 34.1 Å². The Labute approximate surface area is 109 Å². The van der Waals surface area contributed by atoms with Crippen molar-refractivity contribution in [2.24, 2.45) is 0 Å². The van der Waals surface area contributed by atoms with Gasteiger partial charge in [0.15, 0.2) is 0 Å². The van der Waals surface area contributed by atoms with E-state index in [4.69, 9.17) is 0 Å². The van der Waals surface area contributed by atoms with Crippen molar-refractivity contribution in [3.8, 4) is 0 Å². The number of likely N-dealkylation sites (N-methyl/N-ethyl adjacent to an activating group) is 2. The average Bonchev–Trinajstić information content (AvgIpc) is 2.22. The van der Waals surface area contributed by atoms with E-state index >= 15 is 0 Å². The minimum absolute atomic E-state index is 0.00465. The van der Waals surface area contributed by atoms with Gasteiger partial charge < -0.3 is 4.90 Å². The van der Waals surface area contributed by atoms with Crippen LogP contribution >= 0.6 is 15.9 Å². The van der Waals surface area contributed by atoms with Gasteiger partial charge in [0.25, 0.3) is 0 Å². The normalized spacial score (nSPS) is 10.7. The van der Waals surface area contributed by atoms with Crippen LogP contribution in [0.4, 0.5) is 4.39 Å². The van der Waals surface area contributed by atoms with Crippen molar-refractivity contribution >= 4 is 21.8 Å². The van der Waals surface area contributed by atoms with Crippen LogP contribution in [0.15, 0.2) is 22.7 Å². The largest absolute Gasteiger partial charge is 0.348 e. The molecular weight excluding hydrogens is 287 g/mol. The van der Waals surface area contributed by atoms with E-state index in [1.54, 1.807) is 38.2 Å². The summed E-state index contributed by atoms with van der Waals surface area (Å²) in [6.07, 6.45) is 0. The van der Waals surface area contributed by atoms with Crippen molar-refractivity contribution in [2.45, 2.75) is 6.54 Å². The second-order valence-electron chi connectivity index (χ2n) is 4.20. The lowest BCUT2D eigenvalue weighted by atomic mass is 10.2. The molecule has 0 heterocycles. The van der Waals surface area contributed by atoms with Crippen molar-refractivity contribution in [3.63, 3.8) is 0 Å². The predicted molar refractivity (Wildman–Crippen MR) is 69.1 cm³/mol. The molecule has 0 atom stereocenters. The maximum atomic E-state index is 13.6. The van der Waals surface area contributed by atoms with Gasteiger partial charge in [0.2, 0.25) is 5.91 Å². The molecular formula is C12H16BrFN2O. The summed E-state index contributed by atoms with van der Waals surface area (Å²) < 4.78 is 14.3. The molecule has 0 unspecified atom stereocenters. The summed E-state index contributed by atoms with van der Waals surface area (Å²) in [5.74, 6) is -0.256. The summed E-state index contributed by atoms with van der Waals surface area (Å²) in [5, 5.41) is 0. The third-order valence-electron chi connectivity index (χ3n) is 2.36. The number of hydrogen-bond donors (Lipinski definition) is 0. The van der Waals surface area contributed by atoms with E-state index in [-0.39, 0.29) is 18.3 Å². The zero-order valence-electron chi connectivity index (χ0n) is 10.2. The van der Waals surface area contributed by atoms with E-state index < -0.39 is 0 Å². The van der Waals surface area contributed by atoms with Gasteiger partial charge in [-0.2, -0.15) is 0 Å². The highest BCUT2D eigenvalue weighted by molar-refractivity contribution is 9.10. The summed E-state index contributed by atoms with van der Waals surface area (Å²) in [6.45, 7) is 0.696. The molecule has 1 aromatic rings. The Balaban J connectivity index is 2.62. The molecule has 3 nitrogen and oxygen atoms in total. The topological polar surface area (TPSA) is 23.6 Å². The first-order valence-electron chi connectivity index (χ1n) is 5.22. The van der Waals surface area contributed by atoms with E-state index in [1.165, 1.54) is 11.0 Å². The molecule has 0 saturated heterocycles. The molecule has 0 aliphatic rings. The number of halogens is 2. The molecule has 0 aliphatic carbocycles. The Kier molecular flexibility index (Phi) is 5.08. The summed E-state index contributed by atoms with van der Waals surface area (Å²) in [6, 6.07) is 4.94. The molecule has 5 heteroatoms. The molecule has 1 amide bonds. The standard InChI is InChI=1S/C12H16BrFN2O/c1-15(2)12(17)8-16(3)7-9-4-5-10(13)6-11(9)14/h4-6H,7-8H2,1-3H3. The fourth-order valence-electron chi connectivity index (χ4n) is 1.37. The quantitative estimate of drug-likeness (QED) is 0.850. The fraction of sp³-hybridized carbons (Fsp3) is 0.417. The Bertz CT molecular complexity index is 409. The van der Waals surface area contributed by atoms with Gasteiger partial charge in [0.05, 0.1) is 6.54 Å². The first-order chi connectivity index (χ1) is 7.90. The van der Waals surface area contributed by atoms with E-state index in [1.807, 2.05) is 0 Å². The van der Waals surface area contributed by atoms with Crippen LogP contribution in [-0.2, 0) is 11.3 Å². The van der Waals surface area contributed by atoms with Crippen molar-refractivity contribution in [2.75, 3.05) is 27.7 Å². The molecule has 1 aromatic carbocycles. The number of hydrogen-bond acceptors (Lipinski definition) is 2. The third-order valence-corrected chi connectivity index (χ3v) is 2.85. The highest BCUT2D eigenvalue weighted by Gasteiger charge is 2.11. The second kappa shape index (κ2) is 6.12. The van der Waals surface area contributed by atoms with Crippen molar-refractivity contribution in [1.82, 2.24) is 9.80 Å². The van der Waals surface area contributed by atoms with Crippen molar-refractivity contribution in [1.29, 1.82) is 0 Å². The number of carbonyl (C=O) groups excluding carboxylic acids is 1. The van der Waals surface area contributed by atoms with Crippen LogP contribution in [0.1, 0.15) is 5.56 Å². The van der Waals surface area contributed by atoms with Gasteiger partial charge >= 0.3 is 0 Å². The summed E-state index contributed by atoms with van der Waals surface area (Å²) in [7, 11) is 5.20. The zero-order chi connectivity index (χ0) is 13.0.